The van der Waals surface area contributed by atoms with Crippen molar-refractivity contribution in [1.29, 1.82) is 0 Å². The van der Waals surface area contributed by atoms with Crippen molar-refractivity contribution in [3.63, 3.8) is 0 Å². The predicted molar refractivity (Wildman–Crippen MR) is 101 cm³/mol. The molecule has 0 spiro atoms. The van der Waals surface area contributed by atoms with Gasteiger partial charge < -0.3 is 10.4 Å². The summed E-state index contributed by atoms with van der Waals surface area (Å²) >= 11 is 0. The molecule has 0 aromatic heterocycles. The number of hydrogen-bond donors (Lipinski definition) is 2. The van der Waals surface area contributed by atoms with Crippen molar-refractivity contribution < 1.29 is 5.11 Å². The van der Waals surface area contributed by atoms with E-state index in [1.54, 1.807) is 11.1 Å². The highest BCUT2D eigenvalue weighted by atomic mass is 16.3. The molecule has 6 atom stereocenters. The number of fused-ring (bicyclic) bond motifs is 1. The number of nitrogens with one attached hydrogen (secondary N) is 1. The molecule has 4 bridgehead atoms. The van der Waals surface area contributed by atoms with E-state index in [9.17, 15) is 5.11 Å². The zero-order valence-electron chi connectivity index (χ0n) is 15.6. The van der Waals surface area contributed by atoms with Crippen molar-refractivity contribution >= 4 is 0 Å². The number of benzene rings is 1. The van der Waals surface area contributed by atoms with Gasteiger partial charge in [0.2, 0.25) is 0 Å². The second-order valence-electron chi connectivity index (χ2n) is 10.4. The third kappa shape index (κ3) is 1.57. The second kappa shape index (κ2) is 4.67. The van der Waals surface area contributed by atoms with Crippen LogP contribution in [0.25, 0.3) is 0 Å². The molecule has 3 heteroatoms. The molecule has 3 nitrogen and oxygen atoms in total. The van der Waals surface area contributed by atoms with Crippen LogP contribution in [-0.2, 0) is 11.8 Å². The summed E-state index contributed by atoms with van der Waals surface area (Å²) in [5.74, 6) is 3.14. The van der Waals surface area contributed by atoms with Crippen LogP contribution >= 0.6 is 0 Å². The first-order valence-corrected chi connectivity index (χ1v) is 11.0. The average Bonchev–Trinajstić information content (AvgIpc) is 3.29. The zero-order valence-corrected chi connectivity index (χ0v) is 15.6. The molecule has 2 saturated heterocycles. The fraction of sp³-hybridized carbons (Fsp3) is 0.739. The number of likely N-dealkylation sites (tertiary alicyclic amines) is 1. The zero-order chi connectivity index (χ0) is 17.1. The van der Waals surface area contributed by atoms with Crippen LogP contribution < -0.4 is 5.32 Å². The summed E-state index contributed by atoms with van der Waals surface area (Å²) in [6.45, 7) is 3.88. The van der Waals surface area contributed by atoms with Crippen LogP contribution in [0.3, 0.4) is 0 Å². The van der Waals surface area contributed by atoms with Gasteiger partial charge in [-0.3, -0.25) is 4.90 Å². The molecule has 0 amide bonds. The molecule has 2 N–H and O–H groups in total. The topological polar surface area (TPSA) is 35.5 Å². The third-order valence-electron chi connectivity index (χ3n) is 9.62. The van der Waals surface area contributed by atoms with Crippen LogP contribution in [-0.4, -0.2) is 41.7 Å². The molecule has 2 heterocycles. The fourth-order valence-electron chi connectivity index (χ4n) is 8.80. The van der Waals surface area contributed by atoms with Crippen molar-refractivity contribution in [2.75, 3.05) is 19.6 Å². The lowest BCUT2D eigenvalue weighted by Gasteiger charge is -2.66. The Balaban J connectivity index is 1.46. The Labute approximate surface area is 156 Å². The second-order valence-corrected chi connectivity index (χ2v) is 10.4. The number of rotatable bonds is 2. The molecule has 0 radical (unpaired) electrons. The Kier molecular flexibility index (Phi) is 2.68. The van der Waals surface area contributed by atoms with Crippen molar-refractivity contribution in [2.24, 2.45) is 23.2 Å². The minimum absolute atomic E-state index is 0.334. The molecule has 3 saturated carbocycles. The molecule has 7 rings (SSSR count). The van der Waals surface area contributed by atoms with Crippen LogP contribution in [0.15, 0.2) is 18.2 Å². The Hall–Kier alpha value is -1.06. The Bertz CT molecular complexity index is 788. The number of phenols is 1. The summed E-state index contributed by atoms with van der Waals surface area (Å²) in [5.41, 5.74) is 3.92. The number of piperidine rings is 1. The number of aromatic hydroxyl groups is 1. The van der Waals surface area contributed by atoms with Gasteiger partial charge in [0.25, 0.3) is 0 Å². The highest BCUT2D eigenvalue weighted by Gasteiger charge is 2.74. The molecule has 1 aromatic rings. The lowest BCUT2D eigenvalue weighted by Crippen LogP contribution is -2.69. The van der Waals surface area contributed by atoms with Crippen LogP contribution in [0.1, 0.15) is 49.7 Å². The maximum Gasteiger partial charge on any atom is 0.115 e. The lowest BCUT2D eigenvalue weighted by molar-refractivity contribution is -0.0941. The molecule has 6 aliphatic rings. The SMILES string of the molecule is Oc1ccc2c(c1)C13CCN(CC4CC4)C(C2)C12CCC1NCC(C2)C13. The summed E-state index contributed by atoms with van der Waals surface area (Å²) in [4.78, 5) is 2.93. The van der Waals surface area contributed by atoms with Gasteiger partial charge in [0, 0.05) is 24.0 Å². The van der Waals surface area contributed by atoms with E-state index in [-0.39, 0.29) is 0 Å². The summed E-state index contributed by atoms with van der Waals surface area (Å²) in [5, 5.41) is 14.3. The molecule has 4 aliphatic carbocycles. The summed E-state index contributed by atoms with van der Waals surface area (Å²) in [6, 6.07) is 7.85. The molecular formula is C23H30N2O. The summed E-state index contributed by atoms with van der Waals surface area (Å²) in [6.07, 6.45) is 9.69. The number of phenolic OH excluding ortho intramolecular Hbond substituents is 1. The van der Waals surface area contributed by atoms with Crippen LogP contribution in [0.5, 0.6) is 5.75 Å². The fourth-order valence-corrected chi connectivity index (χ4v) is 8.80. The Morgan fingerprint density at radius 3 is 3.00 bits per heavy atom. The van der Waals surface area contributed by atoms with E-state index >= 15 is 0 Å². The Morgan fingerprint density at radius 1 is 1.19 bits per heavy atom. The van der Waals surface area contributed by atoms with Crippen LogP contribution in [0.2, 0.25) is 0 Å². The van der Waals surface area contributed by atoms with Crippen molar-refractivity contribution in [2.45, 2.75) is 62.4 Å². The van der Waals surface area contributed by atoms with Gasteiger partial charge in [-0.2, -0.15) is 0 Å². The van der Waals surface area contributed by atoms with E-state index < -0.39 is 0 Å². The largest absolute Gasteiger partial charge is 0.508 e. The average molecular weight is 351 g/mol. The maximum atomic E-state index is 10.4. The molecule has 6 unspecified atom stereocenters. The van der Waals surface area contributed by atoms with E-state index in [0.717, 1.165) is 29.8 Å². The first-order valence-electron chi connectivity index (χ1n) is 11.0. The van der Waals surface area contributed by atoms with Crippen molar-refractivity contribution in [3.8, 4) is 5.75 Å². The number of hydrogen-bond acceptors (Lipinski definition) is 3. The smallest absolute Gasteiger partial charge is 0.115 e. The van der Waals surface area contributed by atoms with Gasteiger partial charge in [-0.1, -0.05) is 6.07 Å². The molecular weight excluding hydrogens is 320 g/mol. The van der Waals surface area contributed by atoms with Gasteiger partial charge in [-0.15, -0.1) is 0 Å². The van der Waals surface area contributed by atoms with Gasteiger partial charge in [-0.05, 0) is 104 Å². The first kappa shape index (κ1) is 14.9. The monoisotopic (exact) mass is 350 g/mol. The Morgan fingerprint density at radius 2 is 2.12 bits per heavy atom. The quantitative estimate of drug-likeness (QED) is 0.860. The highest BCUT2D eigenvalue weighted by Crippen LogP contribution is 2.74. The van der Waals surface area contributed by atoms with E-state index in [1.165, 1.54) is 64.6 Å². The third-order valence-corrected chi connectivity index (χ3v) is 9.62. The van der Waals surface area contributed by atoms with Gasteiger partial charge in [0.1, 0.15) is 5.75 Å². The van der Waals surface area contributed by atoms with E-state index in [1.807, 2.05) is 6.07 Å². The number of nitrogens with zero attached hydrogens (tertiary/aromatic N) is 1. The lowest BCUT2D eigenvalue weighted by atomic mass is 9.43. The molecule has 2 aliphatic heterocycles. The van der Waals surface area contributed by atoms with E-state index in [4.69, 9.17) is 0 Å². The minimum Gasteiger partial charge on any atom is -0.508 e. The summed E-state index contributed by atoms with van der Waals surface area (Å²) < 4.78 is 0. The van der Waals surface area contributed by atoms with Crippen LogP contribution in [0, 0.1) is 23.2 Å². The van der Waals surface area contributed by atoms with E-state index in [0.29, 0.717) is 16.6 Å². The molecule has 138 valence electrons. The molecule has 1 aromatic carbocycles. The van der Waals surface area contributed by atoms with Gasteiger partial charge in [0.05, 0.1) is 0 Å². The highest BCUT2D eigenvalue weighted by molar-refractivity contribution is 5.50. The molecule has 5 fully saturated rings. The van der Waals surface area contributed by atoms with Crippen molar-refractivity contribution in [1.82, 2.24) is 10.2 Å². The van der Waals surface area contributed by atoms with E-state index in [2.05, 4.69) is 22.3 Å². The van der Waals surface area contributed by atoms with Crippen molar-refractivity contribution in [3.05, 3.63) is 29.3 Å². The maximum absolute atomic E-state index is 10.4. The standard InChI is InChI=1S/C23H30N2O/c26-17-4-3-15-9-20-22-6-5-19-21(16(11-22)12-24-19)23(22,18(15)10-17)7-8-25(20)13-14-1-2-14/h3-4,10,14,16,19-21,24,26H,1-2,5-9,11-13H2. The van der Waals surface area contributed by atoms with Gasteiger partial charge in [-0.25, -0.2) is 0 Å². The summed E-state index contributed by atoms with van der Waals surface area (Å²) in [7, 11) is 0. The van der Waals surface area contributed by atoms with Crippen LogP contribution in [0.4, 0.5) is 0 Å². The minimum atomic E-state index is 0.334. The van der Waals surface area contributed by atoms with Gasteiger partial charge in [0.15, 0.2) is 0 Å². The first-order chi connectivity index (χ1) is 12.7. The predicted octanol–water partition coefficient (Wildman–Crippen LogP) is 3.06. The normalized spacial score (nSPS) is 48.3. The van der Waals surface area contributed by atoms with Gasteiger partial charge >= 0.3 is 0 Å². The molecule has 26 heavy (non-hydrogen) atoms.